The Morgan fingerprint density at radius 1 is 0.909 bits per heavy atom. The van der Waals surface area contributed by atoms with Crippen LogP contribution in [-0.4, -0.2) is 38.7 Å². The highest BCUT2D eigenvalue weighted by atomic mass is 32.2. The number of hydrazine groups is 1. The Kier molecular flexibility index (Phi) is 7.19. The monoisotopic (exact) mass is 490 g/mol. The van der Waals surface area contributed by atoms with Crippen LogP contribution in [0.2, 0.25) is 0 Å². The van der Waals surface area contributed by atoms with Crippen LogP contribution >= 0.6 is 12.2 Å². The number of amides is 1. The highest BCUT2D eigenvalue weighted by Gasteiger charge is 2.20. The molecule has 0 radical (unpaired) electrons. The first-order chi connectivity index (χ1) is 15.9. The minimum Gasteiger partial charge on any atom is -0.486 e. The Bertz CT molecular complexity index is 1120. The molecule has 0 atom stereocenters. The maximum absolute atomic E-state index is 12.7. The summed E-state index contributed by atoms with van der Waals surface area (Å²) in [6.07, 6.45) is 5.74. The van der Waals surface area contributed by atoms with Gasteiger partial charge in [-0.2, -0.15) is 0 Å². The Morgan fingerprint density at radius 3 is 2.33 bits per heavy atom. The van der Waals surface area contributed by atoms with E-state index in [1.807, 2.05) is 0 Å². The number of benzene rings is 2. The number of nitrogens with one attached hydrogen (secondary N) is 4. The zero-order valence-electron chi connectivity index (χ0n) is 17.9. The second-order valence-electron chi connectivity index (χ2n) is 7.88. The molecule has 1 aliphatic heterocycles. The van der Waals surface area contributed by atoms with Crippen LogP contribution in [0, 0.1) is 0 Å². The third kappa shape index (κ3) is 6.05. The van der Waals surface area contributed by atoms with E-state index in [0.717, 1.165) is 12.8 Å². The molecule has 4 rings (SSSR count). The van der Waals surface area contributed by atoms with Crippen molar-refractivity contribution in [2.75, 3.05) is 17.9 Å². The topological polar surface area (TPSA) is 118 Å². The quantitative estimate of drug-likeness (QED) is 0.373. The molecule has 0 saturated heterocycles. The summed E-state index contributed by atoms with van der Waals surface area (Å²) < 4.78 is 38.8. The highest BCUT2D eigenvalue weighted by Crippen LogP contribution is 2.32. The van der Waals surface area contributed by atoms with Crippen molar-refractivity contribution in [3.8, 4) is 11.5 Å². The van der Waals surface area contributed by atoms with Crippen molar-refractivity contribution in [1.29, 1.82) is 0 Å². The van der Waals surface area contributed by atoms with Gasteiger partial charge in [-0.1, -0.05) is 19.3 Å². The minimum atomic E-state index is -3.84. The van der Waals surface area contributed by atoms with Gasteiger partial charge in [-0.25, -0.2) is 8.42 Å². The summed E-state index contributed by atoms with van der Waals surface area (Å²) in [7, 11) is -3.84. The number of carbonyl (C=O) groups excluding carboxylic acids is 1. The fourth-order valence-corrected chi connectivity index (χ4v) is 5.04. The number of fused-ring (bicyclic) bond motifs is 1. The first-order valence-electron chi connectivity index (χ1n) is 10.8. The van der Waals surface area contributed by atoms with E-state index in [-0.39, 0.29) is 10.8 Å². The van der Waals surface area contributed by atoms with E-state index < -0.39 is 10.0 Å². The maximum atomic E-state index is 12.7. The van der Waals surface area contributed by atoms with Crippen molar-refractivity contribution in [1.82, 2.24) is 16.2 Å². The Hall–Kier alpha value is -3.05. The molecule has 1 amide bonds. The molecule has 9 nitrogen and oxygen atoms in total. The number of hydrogen-bond donors (Lipinski definition) is 4. The summed E-state index contributed by atoms with van der Waals surface area (Å²) in [5.41, 5.74) is 5.94. The van der Waals surface area contributed by atoms with Crippen LogP contribution in [0.15, 0.2) is 47.4 Å². The number of ether oxygens (including phenoxy) is 2. The molecule has 1 heterocycles. The molecule has 0 bridgehead atoms. The lowest BCUT2D eigenvalue weighted by Gasteiger charge is -2.24. The van der Waals surface area contributed by atoms with Gasteiger partial charge in [0.2, 0.25) is 0 Å². The number of carbonyl (C=O) groups is 1. The van der Waals surface area contributed by atoms with Gasteiger partial charge in [-0.05, 0) is 61.5 Å². The fourth-order valence-electron chi connectivity index (χ4n) is 3.75. The summed E-state index contributed by atoms with van der Waals surface area (Å²) in [5, 5.41) is 3.58. The van der Waals surface area contributed by atoms with Gasteiger partial charge in [0, 0.05) is 23.4 Å². The van der Waals surface area contributed by atoms with Crippen LogP contribution in [0.1, 0.15) is 42.5 Å². The van der Waals surface area contributed by atoms with Gasteiger partial charge < -0.3 is 14.8 Å². The van der Waals surface area contributed by atoms with Gasteiger partial charge in [-0.3, -0.25) is 20.4 Å². The lowest BCUT2D eigenvalue weighted by Crippen LogP contribution is -2.50. The van der Waals surface area contributed by atoms with Crippen LogP contribution in [0.3, 0.4) is 0 Å². The third-order valence-electron chi connectivity index (χ3n) is 5.45. The molecule has 2 aromatic carbocycles. The normalized spacial score (nSPS) is 15.9. The van der Waals surface area contributed by atoms with E-state index in [4.69, 9.17) is 21.7 Å². The number of rotatable bonds is 5. The summed E-state index contributed by atoms with van der Waals surface area (Å²) in [6.45, 7) is 0.791. The summed E-state index contributed by atoms with van der Waals surface area (Å²) in [5.74, 6) is 0.515. The van der Waals surface area contributed by atoms with Gasteiger partial charge in [0.25, 0.3) is 15.9 Å². The fraction of sp³-hybridized carbons (Fsp3) is 0.364. The zero-order valence-corrected chi connectivity index (χ0v) is 19.6. The van der Waals surface area contributed by atoms with Crippen molar-refractivity contribution < 1.29 is 22.7 Å². The molecule has 0 unspecified atom stereocenters. The van der Waals surface area contributed by atoms with Crippen LogP contribution in [0.5, 0.6) is 11.5 Å². The second-order valence-corrected chi connectivity index (χ2v) is 9.97. The summed E-state index contributed by atoms with van der Waals surface area (Å²) >= 11 is 5.24. The maximum Gasteiger partial charge on any atom is 0.269 e. The van der Waals surface area contributed by atoms with Gasteiger partial charge in [0.1, 0.15) is 13.2 Å². The molecule has 2 aromatic rings. The predicted octanol–water partition coefficient (Wildman–Crippen LogP) is 2.70. The van der Waals surface area contributed by atoms with Crippen molar-refractivity contribution in [3.05, 3.63) is 48.0 Å². The SMILES string of the molecule is O=C(NNC(=S)NC1CCCCC1)c1ccc(NS(=O)(=O)c2ccc3c(c2)OCCO3)cc1. The smallest absolute Gasteiger partial charge is 0.269 e. The number of hydrogen-bond acceptors (Lipinski definition) is 6. The van der Waals surface area contributed by atoms with Crippen molar-refractivity contribution in [2.45, 2.75) is 43.0 Å². The molecule has 11 heteroatoms. The summed E-state index contributed by atoms with van der Waals surface area (Å²) in [6, 6.07) is 10.9. The third-order valence-corrected chi connectivity index (χ3v) is 7.05. The van der Waals surface area contributed by atoms with Gasteiger partial charge in [-0.15, -0.1) is 0 Å². The first-order valence-corrected chi connectivity index (χ1v) is 12.7. The standard InChI is InChI=1S/C22H26N4O5S2/c27-21(24-25-22(32)23-16-4-2-1-3-5-16)15-6-8-17(9-7-15)26-33(28,29)18-10-11-19-20(14-18)31-13-12-30-19/h6-11,14,16,26H,1-5,12-13H2,(H,24,27)(H2,23,25,32). The van der Waals surface area contributed by atoms with Crippen LogP contribution in [-0.2, 0) is 10.0 Å². The highest BCUT2D eigenvalue weighted by molar-refractivity contribution is 7.92. The molecular weight excluding hydrogens is 464 g/mol. The van der Waals surface area contributed by atoms with Crippen molar-refractivity contribution >= 4 is 38.9 Å². The Morgan fingerprint density at radius 2 is 1.61 bits per heavy atom. The van der Waals surface area contributed by atoms with Gasteiger partial charge in [0.05, 0.1) is 4.90 Å². The lowest BCUT2D eigenvalue weighted by molar-refractivity contribution is 0.0943. The predicted molar refractivity (Wildman–Crippen MR) is 128 cm³/mol. The second kappa shape index (κ2) is 10.3. The average molecular weight is 491 g/mol. The average Bonchev–Trinajstić information content (AvgIpc) is 2.83. The molecule has 1 aliphatic carbocycles. The first kappa shape index (κ1) is 23.1. The molecule has 176 valence electrons. The molecule has 4 N–H and O–H groups in total. The number of sulfonamides is 1. The number of anilines is 1. The van der Waals surface area contributed by atoms with E-state index >= 15 is 0 Å². The Labute approximate surface area is 198 Å². The van der Waals surface area contributed by atoms with Crippen molar-refractivity contribution in [3.63, 3.8) is 0 Å². The molecule has 2 aliphatic rings. The zero-order chi connectivity index (χ0) is 23.3. The molecule has 33 heavy (non-hydrogen) atoms. The van der Waals surface area contributed by atoms with E-state index in [9.17, 15) is 13.2 Å². The van der Waals surface area contributed by atoms with E-state index in [1.54, 1.807) is 6.07 Å². The van der Waals surface area contributed by atoms with Crippen molar-refractivity contribution in [2.24, 2.45) is 0 Å². The molecule has 1 saturated carbocycles. The van der Waals surface area contributed by atoms with E-state index in [0.29, 0.717) is 47.1 Å². The lowest BCUT2D eigenvalue weighted by atomic mass is 9.96. The molecule has 1 fully saturated rings. The van der Waals surface area contributed by atoms with Crippen LogP contribution in [0.25, 0.3) is 0 Å². The van der Waals surface area contributed by atoms with Crippen LogP contribution < -0.4 is 30.4 Å². The van der Waals surface area contributed by atoms with Crippen LogP contribution in [0.4, 0.5) is 5.69 Å². The van der Waals surface area contributed by atoms with E-state index in [2.05, 4.69) is 20.9 Å². The van der Waals surface area contributed by atoms with Gasteiger partial charge >= 0.3 is 0 Å². The minimum absolute atomic E-state index is 0.0525. The largest absolute Gasteiger partial charge is 0.486 e. The van der Waals surface area contributed by atoms with E-state index in [1.165, 1.54) is 55.7 Å². The number of thiocarbonyl (C=S) groups is 1. The molecule has 0 aromatic heterocycles. The van der Waals surface area contributed by atoms with Gasteiger partial charge in [0.15, 0.2) is 16.6 Å². The summed E-state index contributed by atoms with van der Waals surface area (Å²) in [4.78, 5) is 12.4. The molecule has 0 spiro atoms. The molecular formula is C22H26N4O5S2. The Balaban J connectivity index is 1.32.